The summed E-state index contributed by atoms with van der Waals surface area (Å²) in [5.74, 6) is -0.192. The van der Waals surface area contributed by atoms with Crippen LogP contribution in [0, 0.1) is 0 Å². The smallest absolute Gasteiger partial charge is 0.251 e. The number of benzene rings is 2. The lowest BCUT2D eigenvalue weighted by atomic mass is 9.86. The van der Waals surface area contributed by atoms with Gasteiger partial charge in [-0.2, -0.15) is 0 Å². The third kappa shape index (κ3) is 5.60. The molecule has 0 saturated carbocycles. The van der Waals surface area contributed by atoms with Crippen molar-refractivity contribution in [2.24, 2.45) is 0 Å². The molecule has 0 heterocycles. The second-order valence-corrected chi connectivity index (χ2v) is 7.98. The Morgan fingerprint density at radius 3 is 2.31 bits per heavy atom. The number of aliphatic hydroxyl groups excluding tert-OH is 1. The molecule has 1 unspecified atom stereocenters. The maximum atomic E-state index is 12.4. The van der Waals surface area contributed by atoms with E-state index in [1.807, 2.05) is 56.3 Å². The van der Waals surface area contributed by atoms with Gasteiger partial charge in [-0.1, -0.05) is 51.1 Å². The van der Waals surface area contributed by atoms with Crippen LogP contribution in [0.4, 0.5) is 5.69 Å². The average Bonchev–Trinajstić information content (AvgIpc) is 2.58. The van der Waals surface area contributed by atoms with Gasteiger partial charge in [0, 0.05) is 23.8 Å². The standard InChI is InChI=1S/C22H30N2O2/c1-15(2)24-19-8-6-7-17(13-19)21(26)23-14-20(25)16-9-11-18(12-10-16)22(3,4)5/h6-13,15,20,24-25H,14H2,1-5H3,(H,23,26). The Morgan fingerprint density at radius 1 is 1.08 bits per heavy atom. The van der Waals surface area contributed by atoms with E-state index in [-0.39, 0.29) is 17.9 Å². The maximum absolute atomic E-state index is 12.4. The Hall–Kier alpha value is -2.33. The molecule has 0 spiro atoms. The lowest BCUT2D eigenvalue weighted by Crippen LogP contribution is -2.28. The summed E-state index contributed by atoms with van der Waals surface area (Å²) in [7, 11) is 0. The van der Waals surface area contributed by atoms with E-state index < -0.39 is 6.10 Å². The Kier molecular flexibility index (Phi) is 6.43. The molecule has 3 N–H and O–H groups in total. The van der Waals surface area contributed by atoms with Crippen LogP contribution in [0.5, 0.6) is 0 Å². The molecular weight excluding hydrogens is 324 g/mol. The molecule has 2 rings (SSSR count). The third-order valence-corrected chi connectivity index (χ3v) is 4.20. The zero-order valence-electron chi connectivity index (χ0n) is 16.3. The molecule has 0 bridgehead atoms. The van der Waals surface area contributed by atoms with E-state index in [2.05, 4.69) is 31.4 Å². The molecule has 0 aliphatic heterocycles. The van der Waals surface area contributed by atoms with Crippen molar-refractivity contribution in [2.45, 2.75) is 52.2 Å². The van der Waals surface area contributed by atoms with Gasteiger partial charge in [-0.15, -0.1) is 0 Å². The van der Waals surface area contributed by atoms with E-state index in [0.717, 1.165) is 11.3 Å². The van der Waals surface area contributed by atoms with E-state index in [4.69, 9.17) is 0 Å². The number of rotatable bonds is 6. The minimum atomic E-state index is -0.732. The van der Waals surface area contributed by atoms with Gasteiger partial charge in [-0.3, -0.25) is 4.79 Å². The second kappa shape index (κ2) is 8.37. The summed E-state index contributed by atoms with van der Waals surface area (Å²) >= 11 is 0. The van der Waals surface area contributed by atoms with Gasteiger partial charge >= 0.3 is 0 Å². The summed E-state index contributed by atoms with van der Waals surface area (Å²) in [6.07, 6.45) is -0.732. The fourth-order valence-electron chi connectivity index (χ4n) is 2.70. The van der Waals surface area contributed by atoms with Gasteiger partial charge in [0.2, 0.25) is 0 Å². The molecule has 1 amide bonds. The number of nitrogens with one attached hydrogen (secondary N) is 2. The molecule has 4 heteroatoms. The highest BCUT2D eigenvalue weighted by molar-refractivity contribution is 5.95. The van der Waals surface area contributed by atoms with Crippen LogP contribution >= 0.6 is 0 Å². The van der Waals surface area contributed by atoms with E-state index in [1.165, 1.54) is 5.56 Å². The Morgan fingerprint density at radius 2 is 1.73 bits per heavy atom. The molecule has 0 saturated heterocycles. The molecule has 0 fully saturated rings. The highest BCUT2D eigenvalue weighted by atomic mass is 16.3. The summed E-state index contributed by atoms with van der Waals surface area (Å²) in [6.45, 7) is 10.7. The van der Waals surface area contributed by atoms with Crippen LogP contribution in [-0.2, 0) is 5.41 Å². The number of hydrogen-bond donors (Lipinski definition) is 3. The molecule has 0 radical (unpaired) electrons. The first kappa shape index (κ1) is 20.0. The Labute approximate surface area is 156 Å². The number of carbonyl (C=O) groups excluding carboxylic acids is 1. The monoisotopic (exact) mass is 354 g/mol. The first-order chi connectivity index (χ1) is 12.2. The summed E-state index contributed by atoms with van der Waals surface area (Å²) in [4.78, 5) is 12.4. The molecule has 140 valence electrons. The fourth-order valence-corrected chi connectivity index (χ4v) is 2.70. The van der Waals surface area contributed by atoms with Gasteiger partial charge in [0.15, 0.2) is 0 Å². The van der Waals surface area contributed by atoms with Gasteiger partial charge in [0.25, 0.3) is 5.91 Å². The van der Waals surface area contributed by atoms with E-state index in [0.29, 0.717) is 11.6 Å². The van der Waals surface area contributed by atoms with Crippen LogP contribution in [-0.4, -0.2) is 23.6 Å². The average molecular weight is 354 g/mol. The predicted molar refractivity (Wildman–Crippen MR) is 108 cm³/mol. The van der Waals surface area contributed by atoms with Crippen LogP contribution in [0.2, 0.25) is 0 Å². The summed E-state index contributed by atoms with van der Waals surface area (Å²) in [5.41, 5.74) is 3.57. The predicted octanol–water partition coefficient (Wildman–Crippen LogP) is 4.27. The van der Waals surface area contributed by atoms with Crippen molar-refractivity contribution in [3.63, 3.8) is 0 Å². The van der Waals surface area contributed by atoms with Gasteiger partial charge in [0.05, 0.1) is 6.10 Å². The van der Waals surface area contributed by atoms with Crippen molar-refractivity contribution >= 4 is 11.6 Å². The van der Waals surface area contributed by atoms with Gasteiger partial charge in [0.1, 0.15) is 0 Å². The highest BCUT2D eigenvalue weighted by Crippen LogP contribution is 2.23. The molecular formula is C22H30N2O2. The second-order valence-electron chi connectivity index (χ2n) is 7.98. The fraction of sp³-hybridized carbons (Fsp3) is 0.409. The lowest BCUT2D eigenvalue weighted by Gasteiger charge is -2.20. The Balaban J connectivity index is 1.96. The molecule has 0 aromatic heterocycles. The van der Waals surface area contributed by atoms with Crippen molar-refractivity contribution in [3.05, 3.63) is 65.2 Å². The number of aliphatic hydroxyl groups is 1. The molecule has 4 nitrogen and oxygen atoms in total. The minimum absolute atomic E-state index is 0.0761. The number of carbonyl (C=O) groups is 1. The van der Waals surface area contributed by atoms with E-state index >= 15 is 0 Å². The maximum Gasteiger partial charge on any atom is 0.251 e. The third-order valence-electron chi connectivity index (χ3n) is 4.20. The van der Waals surface area contributed by atoms with Crippen molar-refractivity contribution in [1.82, 2.24) is 5.32 Å². The van der Waals surface area contributed by atoms with Crippen molar-refractivity contribution in [1.29, 1.82) is 0 Å². The van der Waals surface area contributed by atoms with Crippen LogP contribution in [0.1, 0.15) is 62.2 Å². The van der Waals surface area contributed by atoms with E-state index in [1.54, 1.807) is 6.07 Å². The largest absolute Gasteiger partial charge is 0.387 e. The normalized spacial score (nSPS) is 12.7. The molecule has 0 aliphatic rings. The zero-order valence-corrected chi connectivity index (χ0v) is 16.3. The first-order valence-electron chi connectivity index (χ1n) is 9.10. The highest BCUT2D eigenvalue weighted by Gasteiger charge is 2.15. The van der Waals surface area contributed by atoms with Crippen LogP contribution < -0.4 is 10.6 Å². The topological polar surface area (TPSA) is 61.4 Å². The van der Waals surface area contributed by atoms with Crippen molar-refractivity contribution in [3.8, 4) is 0 Å². The molecule has 1 atom stereocenters. The Bertz CT molecular complexity index is 731. The van der Waals surface area contributed by atoms with Gasteiger partial charge < -0.3 is 15.7 Å². The number of anilines is 1. The first-order valence-corrected chi connectivity index (χ1v) is 9.10. The summed E-state index contributed by atoms with van der Waals surface area (Å²) in [5, 5.41) is 16.4. The quantitative estimate of drug-likeness (QED) is 0.726. The molecule has 0 aliphatic carbocycles. The molecule has 26 heavy (non-hydrogen) atoms. The zero-order chi connectivity index (χ0) is 19.3. The minimum Gasteiger partial charge on any atom is -0.387 e. The summed E-state index contributed by atoms with van der Waals surface area (Å²) < 4.78 is 0. The van der Waals surface area contributed by atoms with Crippen molar-refractivity contribution in [2.75, 3.05) is 11.9 Å². The van der Waals surface area contributed by atoms with Crippen LogP contribution in [0.25, 0.3) is 0 Å². The van der Waals surface area contributed by atoms with Gasteiger partial charge in [-0.05, 0) is 48.6 Å². The van der Waals surface area contributed by atoms with Gasteiger partial charge in [-0.25, -0.2) is 0 Å². The molecule has 2 aromatic carbocycles. The number of hydrogen-bond acceptors (Lipinski definition) is 3. The van der Waals surface area contributed by atoms with Crippen molar-refractivity contribution < 1.29 is 9.90 Å². The number of amides is 1. The lowest BCUT2D eigenvalue weighted by molar-refractivity contribution is 0.0916. The SMILES string of the molecule is CC(C)Nc1cccc(C(=O)NCC(O)c2ccc(C(C)(C)C)cc2)c1. The van der Waals surface area contributed by atoms with Crippen LogP contribution in [0.3, 0.4) is 0 Å². The summed E-state index contributed by atoms with van der Waals surface area (Å²) in [6, 6.07) is 15.6. The van der Waals surface area contributed by atoms with E-state index in [9.17, 15) is 9.90 Å². The molecule has 2 aromatic rings. The van der Waals surface area contributed by atoms with Crippen LogP contribution in [0.15, 0.2) is 48.5 Å².